The molecule has 1 heterocycles. The average Bonchev–Trinajstić information content (AvgIpc) is 3.11. The summed E-state index contributed by atoms with van der Waals surface area (Å²) in [5, 5.41) is 13.4. The summed E-state index contributed by atoms with van der Waals surface area (Å²) in [4.78, 5) is 12.2. The van der Waals surface area contributed by atoms with E-state index >= 15 is 0 Å². The van der Waals surface area contributed by atoms with Crippen LogP contribution in [0.4, 0.5) is 0 Å². The maximum atomic E-state index is 12.2. The third kappa shape index (κ3) is 5.29. The molecule has 2 aromatic rings. The number of hydrogen-bond acceptors (Lipinski definition) is 4. The second kappa shape index (κ2) is 9.79. The third-order valence-electron chi connectivity index (χ3n) is 5.17. The van der Waals surface area contributed by atoms with Gasteiger partial charge in [-0.1, -0.05) is 62.5 Å². The summed E-state index contributed by atoms with van der Waals surface area (Å²) >= 11 is 7.99. The van der Waals surface area contributed by atoms with Crippen LogP contribution in [0.3, 0.4) is 0 Å². The SMILES string of the molecule is CC(C)C(=O)N[C@H](C)c1nnc(SCC2CCCCC2)n1-c1cccc(Cl)c1. The van der Waals surface area contributed by atoms with Crippen LogP contribution in [-0.2, 0) is 4.79 Å². The highest BCUT2D eigenvalue weighted by molar-refractivity contribution is 7.99. The van der Waals surface area contributed by atoms with Crippen molar-refractivity contribution >= 4 is 29.3 Å². The molecular weight excluding hydrogens is 392 g/mol. The molecule has 5 nitrogen and oxygen atoms in total. The molecule has 1 aliphatic carbocycles. The smallest absolute Gasteiger partial charge is 0.223 e. The Bertz CT molecular complexity index is 801. The van der Waals surface area contributed by atoms with Gasteiger partial charge in [0.1, 0.15) is 0 Å². The zero-order chi connectivity index (χ0) is 20.1. The summed E-state index contributed by atoms with van der Waals surface area (Å²) in [6, 6.07) is 7.45. The number of nitrogens with one attached hydrogen (secondary N) is 1. The van der Waals surface area contributed by atoms with Crippen LogP contribution in [0.5, 0.6) is 0 Å². The maximum absolute atomic E-state index is 12.2. The zero-order valence-electron chi connectivity index (χ0n) is 16.8. The van der Waals surface area contributed by atoms with Gasteiger partial charge in [-0.3, -0.25) is 9.36 Å². The molecule has 7 heteroatoms. The fraction of sp³-hybridized carbons (Fsp3) is 0.571. The average molecular weight is 421 g/mol. The number of carbonyl (C=O) groups is 1. The number of carbonyl (C=O) groups excluding carboxylic acids is 1. The van der Waals surface area contributed by atoms with Crippen molar-refractivity contribution in [3.63, 3.8) is 0 Å². The molecular formula is C21H29ClN4OS. The predicted molar refractivity (Wildman–Crippen MR) is 115 cm³/mol. The Labute approximate surface area is 176 Å². The van der Waals surface area contributed by atoms with Gasteiger partial charge in [0.05, 0.1) is 11.7 Å². The molecule has 1 N–H and O–H groups in total. The van der Waals surface area contributed by atoms with Gasteiger partial charge in [-0.2, -0.15) is 0 Å². The van der Waals surface area contributed by atoms with E-state index in [0.717, 1.165) is 28.3 Å². The van der Waals surface area contributed by atoms with E-state index in [1.165, 1.54) is 32.1 Å². The van der Waals surface area contributed by atoms with Crippen molar-refractivity contribution in [3.05, 3.63) is 35.1 Å². The zero-order valence-corrected chi connectivity index (χ0v) is 18.4. The Morgan fingerprint density at radius 3 is 2.68 bits per heavy atom. The lowest BCUT2D eigenvalue weighted by atomic mass is 9.91. The highest BCUT2D eigenvalue weighted by atomic mass is 35.5. The van der Waals surface area contributed by atoms with Gasteiger partial charge in [-0.25, -0.2) is 0 Å². The van der Waals surface area contributed by atoms with E-state index in [1.54, 1.807) is 11.8 Å². The maximum Gasteiger partial charge on any atom is 0.223 e. The van der Waals surface area contributed by atoms with Crippen LogP contribution in [-0.4, -0.2) is 26.4 Å². The molecule has 1 saturated carbocycles. The van der Waals surface area contributed by atoms with Crippen LogP contribution in [0.15, 0.2) is 29.4 Å². The molecule has 1 aromatic heterocycles. The van der Waals surface area contributed by atoms with Gasteiger partial charge >= 0.3 is 0 Å². The second-order valence-corrected chi connectivity index (χ2v) is 9.28. The lowest BCUT2D eigenvalue weighted by Crippen LogP contribution is -2.31. The molecule has 28 heavy (non-hydrogen) atoms. The summed E-state index contributed by atoms with van der Waals surface area (Å²) in [6.07, 6.45) is 6.61. The summed E-state index contributed by atoms with van der Waals surface area (Å²) in [5.41, 5.74) is 0.921. The molecule has 1 fully saturated rings. The van der Waals surface area contributed by atoms with Crippen molar-refractivity contribution in [2.75, 3.05) is 5.75 Å². The van der Waals surface area contributed by atoms with Crippen molar-refractivity contribution in [1.82, 2.24) is 20.1 Å². The van der Waals surface area contributed by atoms with Crippen molar-refractivity contribution < 1.29 is 4.79 Å². The van der Waals surface area contributed by atoms with Gasteiger partial charge in [-0.15, -0.1) is 10.2 Å². The van der Waals surface area contributed by atoms with E-state index in [-0.39, 0.29) is 17.9 Å². The van der Waals surface area contributed by atoms with E-state index < -0.39 is 0 Å². The van der Waals surface area contributed by atoms with Crippen LogP contribution >= 0.6 is 23.4 Å². The molecule has 1 aliphatic rings. The van der Waals surface area contributed by atoms with Crippen LogP contribution in [0, 0.1) is 11.8 Å². The van der Waals surface area contributed by atoms with Crippen molar-refractivity contribution in [1.29, 1.82) is 0 Å². The molecule has 0 bridgehead atoms. The highest BCUT2D eigenvalue weighted by Gasteiger charge is 2.23. The lowest BCUT2D eigenvalue weighted by Gasteiger charge is -2.21. The summed E-state index contributed by atoms with van der Waals surface area (Å²) in [5.74, 6) is 2.44. The molecule has 0 radical (unpaired) electrons. The molecule has 1 amide bonds. The van der Waals surface area contributed by atoms with Crippen molar-refractivity contribution in [2.45, 2.75) is 64.1 Å². The summed E-state index contributed by atoms with van der Waals surface area (Å²) in [7, 11) is 0. The normalized spacial score (nSPS) is 16.3. The first-order chi connectivity index (χ1) is 13.5. The summed E-state index contributed by atoms with van der Waals surface area (Å²) < 4.78 is 2.03. The Hall–Kier alpha value is -1.53. The number of thioether (sulfide) groups is 1. The van der Waals surface area contributed by atoms with Gasteiger partial charge in [0.25, 0.3) is 0 Å². The minimum atomic E-state index is -0.245. The molecule has 0 aliphatic heterocycles. The first-order valence-electron chi connectivity index (χ1n) is 10.1. The monoisotopic (exact) mass is 420 g/mol. The quantitative estimate of drug-likeness (QED) is 0.607. The standard InChI is InChI=1S/C21H29ClN4OS/c1-14(2)20(27)23-15(3)19-24-25-21(28-13-16-8-5-4-6-9-16)26(19)18-11-7-10-17(22)12-18/h7,10-12,14-16H,4-6,8-9,13H2,1-3H3,(H,23,27)/t15-/m1/s1. The second-order valence-electron chi connectivity index (χ2n) is 7.86. The summed E-state index contributed by atoms with van der Waals surface area (Å²) in [6.45, 7) is 5.71. The number of benzene rings is 1. The van der Waals surface area contributed by atoms with E-state index in [2.05, 4.69) is 15.5 Å². The molecule has 1 atom stereocenters. The van der Waals surface area contributed by atoms with Gasteiger partial charge < -0.3 is 5.32 Å². The fourth-order valence-electron chi connectivity index (χ4n) is 3.50. The fourth-order valence-corrected chi connectivity index (χ4v) is 4.83. The Kier molecular flexibility index (Phi) is 7.41. The Morgan fingerprint density at radius 2 is 2.00 bits per heavy atom. The first-order valence-corrected chi connectivity index (χ1v) is 11.5. The van der Waals surface area contributed by atoms with Crippen molar-refractivity contribution in [3.8, 4) is 5.69 Å². The van der Waals surface area contributed by atoms with E-state index in [1.807, 2.05) is 49.6 Å². The van der Waals surface area contributed by atoms with E-state index in [4.69, 9.17) is 11.6 Å². The van der Waals surface area contributed by atoms with Crippen LogP contribution in [0.1, 0.15) is 64.7 Å². The first kappa shape index (κ1) is 21.2. The Morgan fingerprint density at radius 1 is 1.25 bits per heavy atom. The molecule has 0 saturated heterocycles. The van der Waals surface area contributed by atoms with E-state index in [0.29, 0.717) is 5.02 Å². The Balaban J connectivity index is 1.86. The van der Waals surface area contributed by atoms with Gasteiger partial charge in [0.15, 0.2) is 11.0 Å². The highest BCUT2D eigenvalue weighted by Crippen LogP contribution is 2.32. The topological polar surface area (TPSA) is 59.8 Å². The minimum Gasteiger partial charge on any atom is -0.346 e. The van der Waals surface area contributed by atoms with Crippen LogP contribution in [0.2, 0.25) is 5.02 Å². The third-order valence-corrected chi connectivity index (χ3v) is 6.56. The number of amides is 1. The van der Waals surface area contributed by atoms with Crippen LogP contribution < -0.4 is 5.32 Å². The van der Waals surface area contributed by atoms with Crippen LogP contribution in [0.25, 0.3) is 5.69 Å². The number of aromatic nitrogens is 3. The number of nitrogens with zero attached hydrogens (tertiary/aromatic N) is 3. The molecule has 3 rings (SSSR count). The van der Waals surface area contributed by atoms with Gasteiger partial charge in [0.2, 0.25) is 5.91 Å². The van der Waals surface area contributed by atoms with E-state index in [9.17, 15) is 4.79 Å². The molecule has 152 valence electrons. The van der Waals surface area contributed by atoms with Gasteiger partial charge in [-0.05, 0) is 43.9 Å². The molecule has 0 unspecified atom stereocenters. The van der Waals surface area contributed by atoms with Crippen molar-refractivity contribution in [2.24, 2.45) is 11.8 Å². The lowest BCUT2D eigenvalue weighted by molar-refractivity contribution is -0.124. The van der Waals surface area contributed by atoms with Gasteiger partial charge in [0, 0.05) is 16.7 Å². The number of rotatable bonds is 7. The number of hydrogen-bond donors (Lipinski definition) is 1. The largest absolute Gasteiger partial charge is 0.346 e. The number of halogens is 1. The molecule has 1 aromatic carbocycles. The minimum absolute atomic E-state index is 0.00422. The predicted octanol–water partition coefficient (Wildman–Crippen LogP) is 5.43. The molecule has 0 spiro atoms.